The second-order valence-corrected chi connectivity index (χ2v) is 6.02. The highest BCUT2D eigenvalue weighted by Gasteiger charge is 2.29. The Morgan fingerprint density at radius 1 is 1.04 bits per heavy atom. The molecule has 1 aliphatic rings. The summed E-state index contributed by atoms with van der Waals surface area (Å²) in [5.41, 5.74) is 1.64. The van der Waals surface area contributed by atoms with Gasteiger partial charge in [0.15, 0.2) is 11.5 Å². The molecular weight excluding hydrogens is 304 g/mol. The first-order chi connectivity index (χ1) is 11.9. The number of aromatic nitrogens is 7. The molecule has 1 aliphatic carbocycles. The Hall–Kier alpha value is -3.03. The molecule has 0 aliphatic heterocycles. The molecule has 1 fully saturated rings. The molecule has 4 aromatic rings. The summed E-state index contributed by atoms with van der Waals surface area (Å²) in [6.07, 6.45) is 8.84. The van der Waals surface area contributed by atoms with E-state index in [1.807, 2.05) is 39.4 Å². The molecule has 0 amide bonds. The molecule has 0 bridgehead atoms. The van der Waals surface area contributed by atoms with Crippen LogP contribution in [0.5, 0.6) is 0 Å². The van der Waals surface area contributed by atoms with Crippen molar-refractivity contribution in [2.24, 2.45) is 0 Å². The highest BCUT2D eigenvalue weighted by Crippen LogP contribution is 2.39. The zero-order valence-electron chi connectivity index (χ0n) is 13.0. The van der Waals surface area contributed by atoms with Crippen LogP contribution in [0.1, 0.15) is 30.4 Å². The van der Waals surface area contributed by atoms with Gasteiger partial charge in [-0.15, -0.1) is 20.4 Å². The minimum atomic E-state index is 0.553. The molecule has 4 aromatic heterocycles. The molecule has 0 atom stereocenters. The highest BCUT2D eigenvalue weighted by atomic mass is 15.3. The van der Waals surface area contributed by atoms with Crippen LogP contribution in [-0.4, -0.2) is 40.7 Å². The van der Waals surface area contributed by atoms with Gasteiger partial charge in [0.2, 0.25) is 5.65 Å². The van der Waals surface area contributed by atoms with Crippen LogP contribution >= 0.6 is 0 Å². The first kappa shape index (κ1) is 13.4. The van der Waals surface area contributed by atoms with Crippen LogP contribution in [0.2, 0.25) is 0 Å². The molecule has 0 radical (unpaired) electrons. The van der Waals surface area contributed by atoms with Gasteiger partial charge in [0, 0.05) is 37.5 Å². The molecule has 5 rings (SSSR count). The van der Waals surface area contributed by atoms with Crippen LogP contribution in [0.3, 0.4) is 0 Å². The molecule has 0 aromatic carbocycles. The lowest BCUT2D eigenvalue weighted by atomic mass is 10.3. The van der Waals surface area contributed by atoms with Gasteiger partial charge in [-0.05, 0) is 25.0 Å². The molecule has 4 heterocycles. The number of fused-ring (bicyclic) bond motifs is 2. The van der Waals surface area contributed by atoms with Crippen molar-refractivity contribution in [2.45, 2.75) is 25.2 Å². The van der Waals surface area contributed by atoms with E-state index in [0.29, 0.717) is 12.5 Å². The maximum absolute atomic E-state index is 4.40. The Morgan fingerprint density at radius 2 is 2.00 bits per heavy atom. The summed E-state index contributed by atoms with van der Waals surface area (Å²) in [5.74, 6) is 3.27. The van der Waals surface area contributed by atoms with Gasteiger partial charge in [-0.2, -0.15) is 0 Å². The number of nitrogens with one attached hydrogen (secondary N) is 1. The van der Waals surface area contributed by atoms with Crippen molar-refractivity contribution in [3.63, 3.8) is 0 Å². The van der Waals surface area contributed by atoms with Crippen LogP contribution in [-0.2, 0) is 6.42 Å². The Morgan fingerprint density at radius 3 is 2.92 bits per heavy atom. The average Bonchev–Trinajstić information content (AvgIpc) is 3.23. The fourth-order valence-electron chi connectivity index (χ4n) is 2.94. The lowest BCUT2D eigenvalue weighted by Crippen LogP contribution is -2.10. The maximum atomic E-state index is 4.40. The molecule has 8 nitrogen and oxygen atoms in total. The summed E-state index contributed by atoms with van der Waals surface area (Å²) in [6.45, 7) is 0.702. The Balaban J connectivity index is 1.36. The predicted octanol–water partition coefficient (Wildman–Crippen LogP) is 1.70. The molecule has 24 heavy (non-hydrogen) atoms. The zero-order valence-corrected chi connectivity index (χ0v) is 13.0. The van der Waals surface area contributed by atoms with Crippen LogP contribution in [0.4, 0.5) is 5.82 Å². The van der Waals surface area contributed by atoms with E-state index >= 15 is 0 Å². The fraction of sp³-hybridized carbons (Fsp3) is 0.312. The Bertz CT molecular complexity index is 1010. The average molecular weight is 320 g/mol. The minimum absolute atomic E-state index is 0.553. The number of hydrogen-bond acceptors (Lipinski definition) is 6. The van der Waals surface area contributed by atoms with Gasteiger partial charge >= 0.3 is 0 Å². The van der Waals surface area contributed by atoms with Crippen molar-refractivity contribution >= 4 is 17.1 Å². The molecule has 0 unspecified atom stereocenters. The molecular formula is C16H16N8. The van der Waals surface area contributed by atoms with Crippen molar-refractivity contribution in [1.82, 2.24) is 34.2 Å². The summed E-state index contributed by atoms with van der Waals surface area (Å²) in [6, 6.07) is 5.88. The second-order valence-electron chi connectivity index (χ2n) is 6.02. The number of hydrogen-bond donors (Lipinski definition) is 1. The van der Waals surface area contributed by atoms with Gasteiger partial charge in [0.25, 0.3) is 0 Å². The summed E-state index contributed by atoms with van der Waals surface area (Å²) < 4.78 is 4.04. The van der Waals surface area contributed by atoms with E-state index < -0.39 is 0 Å². The Kier molecular flexibility index (Phi) is 2.94. The SMILES string of the molecule is c1ccn2c(CCNc3nccn4c(C5CC5)nnc34)nnc2c1. The van der Waals surface area contributed by atoms with Crippen LogP contribution in [0, 0.1) is 0 Å². The number of pyridine rings is 1. The lowest BCUT2D eigenvalue weighted by molar-refractivity contribution is 0.866. The third-order valence-electron chi connectivity index (χ3n) is 4.32. The molecule has 0 saturated heterocycles. The largest absolute Gasteiger partial charge is 0.366 e. The highest BCUT2D eigenvalue weighted by molar-refractivity contribution is 5.62. The summed E-state index contributed by atoms with van der Waals surface area (Å²) in [4.78, 5) is 4.40. The van der Waals surface area contributed by atoms with E-state index in [0.717, 1.165) is 35.2 Å². The predicted molar refractivity (Wildman–Crippen MR) is 87.9 cm³/mol. The third-order valence-corrected chi connectivity index (χ3v) is 4.32. The van der Waals surface area contributed by atoms with E-state index in [4.69, 9.17) is 0 Å². The van der Waals surface area contributed by atoms with Crippen LogP contribution in [0.25, 0.3) is 11.3 Å². The molecule has 120 valence electrons. The van der Waals surface area contributed by atoms with Crippen molar-refractivity contribution in [3.8, 4) is 0 Å². The quantitative estimate of drug-likeness (QED) is 0.602. The number of nitrogens with zero attached hydrogens (tertiary/aromatic N) is 7. The van der Waals surface area contributed by atoms with Gasteiger partial charge in [-0.25, -0.2) is 4.98 Å². The zero-order chi connectivity index (χ0) is 15.9. The van der Waals surface area contributed by atoms with Crippen molar-refractivity contribution in [2.75, 3.05) is 11.9 Å². The topological polar surface area (TPSA) is 85.3 Å². The third kappa shape index (κ3) is 2.18. The van der Waals surface area contributed by atoms with Crippen molar-refractivity contribution in [1.29, 1.82) is 0 Å². The summed E-state index contributed by atoms with van der Waals surface area (Å²) in [7, 11) is 0. The van der Waals surface area contributed by atoms with E-state index in [9.17, 15) is 0 Å². The maximum Gasteiger partial charge on any atom is 0.203 e. The van der Waals surface area contributed by atoms with Gasteiger partial charge in [-0.1, -0.05) is 6.07 Å². The van der Waals surface area contributed by atoms with Crippen molar-refractivity contribution in [3.05, 3.63) is 48.4 Å². The fourth-order valence-corrected chi connectivity index (χ4v) is 2.94. The van der Waals surface area contributed by atoms with Gasteiger partial charge < -0.3 is 5.32 Å². The second kappa shape index (κ2) is 5.26. The van der Waals surface area contributed by atoms with Crippen molar-refractivity contribution < 1.29 is 0 Å². The monoisotopic (exact) mass is 320 g/mol. The van der Waals surface area contributed by atoms with E-state index in [2.05, 4.69) is 30.7 Å². The van der Waals surface area contributed by atoms with Gasteiger partial charge in [0.1, 0.15) is 11.6 Å². The van der Waals surface area contributed by atoms with E-state index in [1.165, 1.54) is 12.8 Å². The normalized spacial score (nSPS) is 14.5. The van der Waals surface area contributed by atoms with Gasteiger partial charge in [-0.3, -0.25) is 8.80 Å². The van der Waals surface area contributed by atoms with Gasteiger partial charge in [0.05, 0.1) is 0 Å². The smallest absolute Gasteiger partial charge is 0.203 e. The first-order valence-corrected chi connectivity index (χ1v) is 8.12. The van der Waals surface area contributed by atoms with Crippen LogP contribution < -0.4 is 5.32 Å². The molecule has 1 saturated carbocycles. The number of anilines is 1. The summed E-state index contributed by atoms with van der Waals surface area (Å²) in [5, 5.41) is 20.4. The minimum Gasteiger partial charge on any atom is -0.366 e. The molecule has 1 N–H and O–H groups in total. The lowest BCUT2D eigenvalue weighted by Gasteiger charge is -2.06. The molecule has 0 spiro atoms. The van der Waals surface area contributed by atoms with E-state index in [1.54, 1.807) is 6.20 Å². The molecule has 8 heteroatoms. The Labute approximate surface area is 137 Å². The summed E-state index contributed by atoms with van der Waals surface area (Å²) >= 11 is 0. The first-order valence-electron chi connectivity index (χ1n) is 8.12. The van der Waals surface area contributed by atoms with Crippen LogP contribution in [0.15, 0.2) is 36.8 Å². The number of rotatable bonds is 5. The van der Waals surface area contributed by atoms with E-state index in [-0.39, 0.29) is 0 Å². The standard InChI is InChI=1S/C16H16N8/c1-2-9-23-12(3-1)19-20-13(23)6-7-17-14-16-22-21-15(11-4-5-11)24(16)10-8-18-14/h1-3,8-11H,4-7H2,(H,17,18).